The molecule has 2 aromatic rings. The van der Waals surface area contributed by atoms with Crippen molar-refractivity contribution < 1.29 is 18.7 Å². The normalized spacial score (nSPS) is 12.7. The van der Waals surface area contributed by atoms with Crippen molar-refractivity contribution in [2.24, 2.45) is 0 Å². The van der Waals surface area contributed by atoms with E-state index in [1.165, 1.54) is 24.2 Å². The number of ether oxygens (including phenoxy) is 1. The molecule has 2 aromatic heterocycles. The fourth-order valence-corrected chi connectivity index (χ4v) is 3.68. The minimum atomic E-state index is -0.618. The Hall–Kier alpha value is -3.94. The standard InChI is InChI=1S/C28H38FN7O3/c1-6-16-36(22-11-12-22)25-20(18-32-26(34-25)33-21-13-15-30-23(29)17-21)10-8-7-9-14-31-24(37)19-35(5)27(38)39-28(2,3)4/h13,15,17-18,22H,6-7,9,11-12,14,16,19H2,1-5H3,(H,31,37)(H,30,32,33,34). The van der Waals surface area contributed by atoms with E-state index < -0.39 is 17.6 Å². The average molecular weight is 540 g/mol. The average Bonchev–Trinajstić information content (AvgIpc) is 3.69. The Balaban J connectivity index is 1.58. The van der Waals surface area contributed by atoms with E-state index in [9.17, 15) is 14.0 Å². The highest BCUT2D eigenvalue weighted by atomic mass is 19.1. The number of nitrogens with zero attached hydrogens (tertiary/aromatic N) is 5. The van der Waals surface area contributed by atoms with Gasteiger partial charge in [0.2, 0.25) is 17.8 Å². The van der Waals surface area contributed by atoms with Crippen LogP contribution in [-0.2, 0) is 9.53 Å². The van der Waals surface area contributed by atoms with E-state index in [4.69, 9.17) is 9.72 Å². The summed E-state index contributed by atoms with van der Waals surface area (Å²) in [4.78, 5) is 40.4. The number of likely N-dealkylation sites (N-methyl/N-ethyl adjacent to an activating group) is 1. The quantitative estimate of drug-likeness (QED) is 0.248. The highest BCUT2D eigenvalue weighted by Crippen LogP contribution is 2.33. The van der Waals surface area contributed by atoms with Gasteiger partial charge in [-0.1, -0.05) is 18.8 Å². The molecule has 39 heavy (non-hydrogen) atoms. The van der Waals surface area contributed by atoms with Crippen LogP contribution in [0.1, 0.15) is 65.4 Å². The van der Waals surface area contributed by atoms with Crippen molar-refractivity contribution in [3.8, 4) is 11.8 Å². The van der Waals surface area contributed by atoms with Crippen LogP contribution in [0.15, 0.2) is 24.5 Å². The maximum atomic E-state index is 13.5. The Morgan fingerprint density at radius 3 is 2.69 bits per heavy atom. The topological polar surface area (TPSA) is 113 Å². The molecule has 0 atom stereocenters. The van der Waals surface area contributed by atoms with Crippen molar-refractivity contribution in [3.63, 3.8) is 0 Å². The summed E-state index contributed by atoms with van der Waals surface area (Å²) < 4.78 is 18.8. The molecule has 0 radical (unpaired) electrons. The summed E-state index contributed by atoms with van der Waals surface area (Å²) in [5.74, 6) is 6.64. The predicted octanol–water partition coefficient (Wildman–Crippen LogP) is 4.25. The Bertz CT molecular complexity index is 1200. The highest BCUT2D eigenvalue weighted by Gasteiger charge is 2.31. The number of nitrogens with one attached hydrogen (secondary N) is 2. The molecule has 0 aliphatic heterocycles. The lowest BCUT2D eigenvalue weighted by molar-refractivity contribution is -0.122. The molecule has 210 valence electrons. The number of unbranched alkanes of at least 4 members (excludes halogenated alkanes) is 1. The molecule has 0 aromatic carbocycles. The van der Waals surface area contributed by atoms with Crippen molar-refractivity contribution in [1.29, 1.82) is 0 Å². The van der Waals surface area contributed by atoms with Gasteiger partial charge in [0, 0.05) is 50.6 Å². The Morgan fingerprint density at radius 1 is 1.26 bits per heavy atom. The molecule has 2 heterocycles. The molecule has 2 amide bonds. The Morgan fingerprint density at radius 2 is 2.03 bits per heavy atom. The summed E-state index contributed by atoms with van der Waals surface area (Å²) in [5.41, 5.74) is 0.623. The first-order valence-electron chi connectivity index (χ1n) is 13.3. The van der Waals surface area contributed by atoms with Crippen molar-refractivity contribution in [1.82, 2.24) is 25.2 Å². The summed E-state index contributed by atoms with van der Waals surface area (Å²) in [5, 5.41) is 5.85. The van der Waals surface area contributed by atoms with Gasteiger partial charge in [-0.05, 0) is 52.5 Å². The van der Waals surface area contributed by atoms with Crippen molar-refractivity contribution in [2.45, 2.75) is 71.4 Å². The van der Waals surface area contributed by atoms with E-state index in [1.54, 1.807) is 33.0 Å². The van der Waals surface area contributed by atoms with Gasteiger partial charge in [0.05, 0.1) is 11.8 Å². The molecule has 3 rings (SSSR count). The monoisotopic (exact) mass is 539 g/mol. The molecule has 2 N–H and O–H groups in total. The van der Waals surface area contributed by atoms with Crippen LogP contribution >= 0.6 is 0 Å². The number of anilines is 3. The van der Waals surface area contributed by atoms with Crippen LogP contribution in [0.4, 0.5) is 26.6 Å². The Kier molecular flexibility index (Phi) is 10.4. The minimum Gasteiger partial charge on any atom is -0.444 e. The zero-order valence-electron chi connectivity index (χ0n) is 23.4. The number of amides is 2. The van der Waals surface area contributed by atoms with Gasteiger partial charge in [0.25, 0.3) is 0 Å². The van der Waals surface area contributed by atoms with Crippen LogP contribution in [0.25, 0.3) is 0 Å². The number of hydrogen-bond acceptors (Lipinski definition) is 8. The summed E-state index contributed by atoms with van der Waals surface area (Å²) in [6, 6.07) is 3.37. The molecular weight excluding hydrogens is 501 g/mol. The molecule has 0 spiro atoms. The van der Waals surface area contributed by atoms with E-state index in [1.807, 2.05) is 0 Å². The number of rotatable bonds is 11. The molecule has 10 nitrogen and oxygen atoms in total. The van der Waals surface area contributed by atoms with E-state index in [0.29, 0.717) is 37.1 Å². The first-order valence-corrected chi connectivity index (χ1v) is 13.3. The lowest BCUT2D eigenvalue weighted by Crippen LogP contribution is -2.41. The van der Waals surface area contributed by atoms with Crippen molar-refractivity contribution in [2.75, 3.05) is 36.9 Å². The SMILES string of the molecule is CCCN(c1nc(Nc2ccnc(F)c2)ncc1C#CCCCNC(=O)CN(C)C(=O)OC(C)(C)C)C1CC1. The Labute approximate surface area is 229 Å². The molecule has 11 heteroatoms. The number of hydrogen-bond donors (Lipinski definition) is 2. The number of halogens is 1. The molecule has 0 unspecified atom stereocenters. The van der Waals surface area contributed by atoms with E-state index in [-0.39, 0.29) is 12.5 Å². The van der Waals surface area contributed by atoms with Crippen LogP contribution < -0.4 is 15.5 Å². The first kappa shape index (κ1) is 29.6. The van der Waals surface area contributed by atoms with Gasteiger partial charge in [-0.3, -0.25) is 4.79 Å². The highest BCUT2D eigenvalue weighted by molar-refractivity contribution is 5.82. The molecule has 1 saturated carbocycles. The second-order valence-corrected chi connectivity index (χ2v) is 10.4. The van der Waals surface area contributed by atoms with Gasteiger partial charge in [-0.15, -0.1) is 0 Å². The number of carbonyl (C=O) groups is 2. The zero-order chi connectivity index (χ0) is 28.4. The molecule has 1 aliphatic carbocycles. The van der Waals surface area contributed by atoms with Gasteiger partial charge in [-0.2, -0.15) is 9.37 Å². The summed E-state index contributed by atoms with van der Waals surface area (Å²) in [6.45, 7) is 8.66. The molecule has 0 saturated heterocycles. The van der Waals surface area contributed by atoms with Crippen molar-refractivity contribution >= 4 is 29.5 Å². The van der Waals surface area contributed by atoms with E-state index in [2.05, 4.69) is 44.3 Å². The predicted molar refractivity (Wildman–Crippen MR) is 148 cm³/mol. The minimum absolute atomic E-state index is 0.0811. The van der Waals surface area contributed by atoms with Gasteiger partial charge >= 0.3 is 6.09 Å². The van der Waals surface area contributed by atoms with Crippen LogP contribution in [0, 0.1) is 17.8 Å². The maximum Gasteiger partial charge on any atom is 0.410 e. The maximum absolute atomic E-state index is 13.5. The van der Waals surface area contributed by atoms with Crippen LogP contribution in [0.3, 0.4) is 0 Å². The number of carbonyl (C=O) groups excluding carboxylic acids is 2. The smallest absolute Gasteiger partial charge is 0.410 e. The van der Waals surface area contributed by atoms with Crippen LogP contribution in [0.2, 0.25) is 0 Å². The van der Waals surface area contributed by atoms with Gasteiger partial charge in [0.1, 0.15) is 18.0 Å². The number of aromatic nitrogens is 3. The van der Waals surface area contributed by atoms with E-state index >= 15 is 0 Å². The van der Waals surface area contributed by atoms with Crippen LogP contribution in [-0.4, -0.2) is 70.2 Å². The largest absolute Gasteiger partial charge is 0.444 e. The van der Waals surface area contributed by atoms with Gasteiger partial charge in [0.15, 0.2) is 0 Å². The third-order valence-corrected chi connectivity index (χ3v) is 5.59. The number of pyridine rings is 1. The third kappa shape index (κ3) is 10.0. The summed E-state index contributed by atoms with van der Waals surface area (Å²) in [7, 11) is 1.53. The second kappa shape index (κ2) is 13.7. The molecule has 0 bridgehead atoms. The van der Waals surface area contributed by atoms with Gasteiger partial charge in [-0.25, -0.2) is 14.8 Å². The summed E-state index contributed by atoms with van der Waals surface area (Å²) in [6.07, 6.45) is 6.93. The zero-order valence-corrected chi connectivity index (χ0v) is 23.4. The van der Waals surface area contributed by atoms with Crippen LogP contribution in [0.5, 0.6) is 0 Å². The summed E-state index contributed by atoms with van der Waals surface area (Å²) >= 11 is 0. The third-order valence-electron chi connectivity index (χ3n) is 5.59. The molecular formula is C28H38FN7O3. The second-order valence-electron chi connectivity index (χ2n) is 10.4. The lowest BCUT2D eigenvalue weighted by atomic mass is 10.2. The lowest BCUT2D eigenvalue weighted by Gasteiger charge is -2.24. The molecule has 1 aliphatic rings. The van der Waals surface area contributed by atoms with Gasteiger partial charge < -0.3 is 25.2 Å². The fraction of sp³-hybridized carbons (Fsp3) is 0.536. The van der Waals surface area contributed by atoms with E-state index in [0.717, 1.165) is 37.2 Å². The fourth-order valence-electron chi connectivity index (χ4n) is 3.68. The van der Waals surface area contributed by atoms with Crippen molar-refractivity contribution in [3.05, 3.63) is 36.0 Å². The first-order chi connectivity index (χ1) is 18.6. The molecule has 1 fully saturated rings.